The molecule has 2 aromatic rings. The van der Waals surface area contributed by atoms with Crippen LogP contribution in [0, 0.1) is 6.92 Å². The van der Waals surface area contributed by atoms with Crippen molar-refractivity contribution in [1.82, 2.24) is 0 Å². The van der Waals surface area contributed by atoms with Gasteiger partial charge in [0, 0.05) is 5.56 Å². The van der Waals surface area contributed by atoms with Crippen LogP contribution in [-0.4, -0.2) is 50.5 Å². The molecule has 1 saturated heterocycles. The summed E-state index contributed by atoms with van der Waals surface area (Å²) < 4.78 is 5.70. The molecule has 134 valence electrons. The number of piperazine rings is 1. The average molecular weight is 342 g/mol. The van der Waals surface area contributed by atoms with Gasteiger partial charge in [-0.25, -0.2) is 0 Å². The minimum atomic E-state index is -0.410. The minimum absolute atomic E-state index is 0.368. The third-order valence-corrected chi connectivity index (χ3v) is 4.95. The summed E-state index contributed by atoms with van der Waals surface area (Å²) in [5, 5.41) is 10.3. The van der Waals surface area contributed by atoms with Crippen LogP contribution in [0.4, 0.5) is 0 Å². The van der Waals surface area contributed by atoms with Crippen molar-refractivity contribution < 1.29 is 19.6 Å². The maximum absolute atomic E-state index is 10.3. The highest BCUT2D eigenvalue weighted by Gasteiger charge is 2.25. The third-order valence-electron chi connectivity index (χ3n) is 4.95. The van der Waals surface area contributed by atoms with Crippen LogP contribution in [0.2, 0.25) is 0 Å². The first-order chi connectivity index (χ1) is 12.2. The van der Waals surface area contributed by atoms with Crippen molar-refractivity contribution in [3.05, 3.63) is 65.7 Å². The number of aliphatic hydroxyl groups is 1. The van der Waals surface area contributed by atoms with E-state index in [4.69, 9.17) is 4.74 Å². The fraction of sp³-hybridized carbons (Fsp3) is 0.429. The topological polar surface area (TPSA) is 38.3 Å². The van der Waals surface area contributed by atoms with Gasteiger partial charge in [0.15, 0.2) is 0 Å². The summed E-state index contributed by atoms with van der Waals surface area (Å²) in [4.78, 5) is 3.12. The van der Waals surface area contributed by atoms with Gasteiger partial charge in [-0.05, 0) is 19.1 Å². The molecule has 0 radical (unpaired) electrons. The van der Waals surface area contributed by atoms with Crippen LogP contribution in [0.25, 0.3) is 0 Å². The largest absolute Gasteiger partial charge is 0.491 e. The van der Waals surface area contributed by atoms with Gasteiger partial charge in [0.05, 0.1) is 0 Å². The summed E-state index contributed by atoms with van der Waals surface area (Å²) in [6.07, 6.45) is -0.410. The van der Waals surface area contributed by atoms with Crippen molar-refractivity contribution in [3.63, 3.8) is 0 Å². The SMILES string of the molecule is Cc1ccc(OC[C@@H](O)C[NH+]2CC[NH+](Cc3ccccc3)CC2)cc1. The molecular formula is C21H30N2O2+2. The monoisotopic (exact) mass is 342 g/mol. The molecule has 0 aliphatic carbocycles. The smallest absolute Gasteiger partial charge is 0.137 e. The van der Waals surface area contributed by atoms with E-state index in [1.165, 1.54) is 16.0 Å². The molecule has 0 unspecified atom stereocenters. The van der Waals surface area contributed by atoms with Crippen LogP contribution in [0.15, 0.2) is 54.6 Å². The van der Waals surface area contributed by atoms with Crippen LogP contribution in [0.1, 0.15) is 11.1 Å². The number of nitrogens with one attached hydrogen (secondary N) is 2. The minimum Gasteiger partial charge on any atom is -0.491 e. The molecule has 1 aliphatic heterocycles. The zero-order chi connectivity index (χ0) is 17.5. The van der Waals surface area contributed by atoms with Crippen LogP contribution in [-0.2, 0) is 6.54 Å². The Balaban J connectivity index is 1.36. The molecule has 3 rings (SSSR count). The standard InChI is InChI=1S/C21H28N2O2/c1-18-7-9-21(10-8-18)25-17-20(24)16-23-13-11-22(12-14-23)15-19-5-3-2-4-6-19/h2-10,20,24H,11-17H2,1H3/p+2/t20-/m0/s1. The number of quaternary nitrogens is 2. The van der Waals surface area contributed by atoms with E-state index >= 15 is 0 Å². The number of ether oxygens (including phenoxy) is 1. The molecule has 3 N–H and O–H groups in total. The Morgan fingerprint density at radius 1 is 0.920 bits per heavy atom. The fourth-order valence-corrected chi connectivity index (χ4v) is 3.44. The Hall–Kier alpha value is -1.88. The summed E-state index contributed by atoms with van der Waals surface area (Å²) in [6.45, 7) is 8.85. The Morgan fingerprint density at radius 3 is 2.24 bits per heavy atom. The van der Waals surface area contributed by atoms with Crippen LogP contribution in [0.5, 0.6) is 5.75 Å². The second kappa shape index (κ2) is 8.99. The van der Waals surface area contributed by atoms with E-state index in [9.17, 15) is 5.11 Å². The Kier molecular flexibility index (Phi) is 6.45. The predicted octanol–water partition coefficient (Wildman–Crippen LogP) is -0.282. The molecular weight excluding hydrogens is 312 g/mol. The first kappa shape index (κ1) is 17.9. The van der Waals surface area contributed by atoms with Crippen LogP contribution in [0.3, 0.4) is 0 Å². The van der Waals surface area contributed by atoms with Crippen LogP contribution >= 0.6 is 0 Å². The molecule has 0 amide bonds. The Bertz CT molecular complexity index is 622. The van der Waals surface area contributed by atoms with Crippen molar-refractivity contribution in [2.75, 3.05) is 39.3 Å². The van der Waals surface area contributed by atoms with E-state index in [0.29, 0.717) is 6.61 Å². The normalized spacial score (nSPS) is 21.7. The number of rotatable bonds is 7. The van der Waals surface area contributed by atoms with Gasteiger partial charge in [0.1, 0.15) is 57.7 Å². The number of aliphatic hydroxyl groups excluding tert-OH is 1. The molecule has 2 aromatic carbocycles. The lowest BCUT2D eigenvalue weighted by Gasteiger charge is -2.30. The van der Waals surface area contributed by atoms with E-state index in [0.717, 1.165) is 45.0 Å². The molecule has 4 heteroatoms. The molecule has 1 heterocycles. The van der Waals surface area contributed by atoms with Crippen molar-refractivity contribution in [3.8, 4) is 5.75 Å². The maximum atomic E-state index is 10.3. The summed E-state index contributed by atoms with van der Waals surface area (Å²) in [5.41, 5.74) is 2.63. The molecule has 0 spiro atoms. The lowest BCUT2D eigenvalue weighted by atomic mass is 10.2. The molecule has 0 aromatic heterocycles. The van der Waals surface area contributed by atoms with E-state index in [2.05, 4.69) is 37.3 Å². The quantitative estimate of drug-likeness (QED) is 0.648. The molecule has 0 saturated carbocycles. The first-order valence-electron chi connectivity index (χ1n) is 9.27. The molecule has 0 bridgehead atoms. The number of hydrogen-bond donors (Lipinski definition) is 3. The Labute approximate surface area is 150 Å². The van der Waals surface area contributed by atoms with Crippen LogP contribution < -0.4 is 14.5 Å². The van der Waals surface area contributed by atoms with E-state index in [1.54, 1.807) is 4.90 Å². The molecule has 25 heavy (non-hydrogen) atoms. The van der Waals surface area contributed by atoms with Gasteiger partial charge < -0.3 is 19.6 Å². The first-order valence-corrected chi connectivity index (χ1v) is 9.27. The highest BCUT2D eigenvalue weighted by atomic mass is 16.5. The number of aryl methyl sites for hydroxylation is 1. The Morgan fingerprint density at radius 2 is 1.56 bits per heavy atom. The van der Waals surface area contributed by atoms with Crippen molar-refractivity contribution >= 4 is 0 Å². The lowest BCUT2D eigenvalue weighted by Crippen LogP contribution is -3.28. The van der Waals surface area contributed by atoms with Crippen molar-refractivity contribution in [2.24, 2.45) is 0 Å². The van der Waals surface area contributed by atoms with Gasteiger partial charge in [-0.2, -0.15) is 0 Å². The van der Waals surface area contributed by atoms with Crippen molar-refractivity contribution in [1.29, 1.82) is 0 Å². The van der Waals surface area contributed by atoms with E-state index in [-0.39, 0.29) is 0 Å². The highest BCUT2D eigenvalue weighted by Crippen LogP contribution is 2.11. The third kappa shape index (κ3) is 5.85. The highest BCUT2D eigenvalue weighted by molar-refractivity contribution is 5.26. The zero-order valence-corrected chi connectivity index (χ0v) is 15.1. The van der Waals surface area contributed by atoms with Gasteiger partial charge in [0.25, 0.3) is 0 Å². The van der Waals surface area contributed by atoms with Gasteiger partial charge in [0.2, 0.25) is 0 Å². The molecule has 1 fully saturated rings. The summed E-state index contributed by atoms with van der Waals surface area (Å²) in [6, 6.07) is 18.7. The summed E-state index contributed by atoms with van der Waals surface area (Å²) >= 11 is 0. The number of hydrogen-bond acceptors (Lipinski definition) is 2. The predicted molar refractivity (Wildman–Crippen MR) is 99.1 cm³/mol. The van der Waals surface area contributed by atoms with Gasteiger partial charge in [-0.15, -0.1) is 0 Å². The lowest BCUT2D eigenvalue weighted by molar-refractivity contribution is -1.02. The maximum Gasteiger partial charge on any atom is 0.137 e. The molecule has 1 aliphatic rings. The summed E-state index contributed by atoms with van der Waals surface area (Å²) in [5.74, 6) is 0.830. The average Bonchev–Trinajstić information content (AvgIpc) is 2.64. The zero-order valence-electron chi connectivity index (χ0n) is 15.1. The fourth-order valence-electron chi connectivity index (χ4n) is 3.44. The van der Waals surface area contributed by atoms with Gasteiger partial charge in [-0.1, -0.05) is 48.0 Å². The molecule has 4 nitrogen and oxygen atoms in total. The van der Waals surface area contributed by atoms with Gasteiger partial charge in [-0.3, -0.25) is 0 Å². The second-order valence-corrected chi connectivity index (χ2v) is 7.14. The second-order valence-electron chi connectivity index (χ2n) is 7.14. The molecule has 1 atom stereocenters. The van der Waals surface area contributed by atoms with E-state index < -0.39 is 6.10 Å². The number of benzene rings is 2. The van der Waals surface area contributed by atoms with Gasteiger partial charge >= 0.3 is 0 Å². The van der Waals surface area contributed by atoms with Crippen molar-refractivity contribution in [2.45, 2.75) is 19.6 Å². The summed E-state index contributed by atoms with van der Waals surface area (Å²) in [7, 11) is 0. The van der Waals surface area contributed by atoms with E-state index in [1.807, 2.05) is 24.3 Å².